The molecule has 4 rings (SSSR count). The molecule has 1 aliphatic heterocycles. The lowest BCUT2D eigenvalue weighted by molar-refractivity contribution is 0.0696. The minimum atomic E-state index is -1.02. The van der Waals surface area contributed by atoms with Gasteiger partial charge in [-0.3, -0.25) is 9.59 Å². The van der Waals surface area contributed by atoms with Crippen LogP contribution in [-0.4, -0.2) is 28.0 Å². The molecule has 0 atom stereocenters. The number of hydrogen-bond donors (Lipinski definition) is 2. The van der Waals surface area contributed by atoms with Crippen LogP contribution in [0, 0.1) is 0 Å². The first-order valence-electron chi connectivity index (χ1n) is 7.44. The number of aromatic hydroxyl groups is 1. The van der Waals surface area contributed by atoms with Crippen molar-refractivity contribution in [3.8, 4) is 5.75 Å². The summed E-state index contributed by atoms with van der Waals surface area (Å²) in [5.41, 5.74) is 0.952. The third kappa shape index (κ3) is 2.23. The van der Waals surface area contributed by atoms with E-state index in [0.717, 1.165) is 4.90 Å². The zero-order chi connectivity index (χ0) is 17.7. The van der Waals surface area contributed by atoms with E-state index < -0.39 is 17.8 Å². The average molecular weight is 333 g/mol. The minimum absolute atomic E-state index is 0.0820. The summed E-state index contributed by atoms with van der Waals surface area (Å²) < 4.78 is 0. The molecule has 1 heterocycles. The fraction of sp³-hybridized carbons (Fsp3) is 0. The van der Waals surface area contributed by atoms with Gasteiger partial charge in [0.05, 0.1) is 22.4 Å². The van der Waals surface area contributed by atoms with Gasteiger partial charge >= 0.3 is 5.97 Å². The van der Waals surface area contributed by atoms with Crippen LogP contribution < -0.4 is 4.90 Å². The zero-order valence-electron chi connectivity index (χ0n) is 12.8. The number of hydrogen-bond acceptors (Lipinski definition) is 4. The number of amides is 2. The molecule has 6 heteroatoms. The Bertz CT molecular complexity index is 1090. The van der Waals surface area contributed by atoms with Crippen LogP contribution in [0.3, 0.4) is 0 Å². The zero-order valence-corrected chi connectivity index (χ0v) is 12.8. The first-order valence-corrected chi connectivity index (χ1v) is 7.44. The normalized spacial score (nSPS) is 13.4. The van der Waals surface area contributed by atoms with E-state index in [9.17, 15) is 19.5 Å². The highest BCUT2D eigenvalue weighted by molar-refractivity contribution is 6.34. The number of benzene rings is 3. The smallest absolute Gasteiger partial charge is 0.335 e. The summed E-state index contributed by atoms with van der Waals surface area (Å²) in [6.45, 7) is 0. The maximum absolute atomic E-state index is 12.6. The average Bonchev–Trinajstić information content (AvgIpc) is 2.84. The standard InChI is InChI=1S/C19H11NO5/c21-14-5-6-15-16(9-14)18(23)20(17(15)22)13-4-3-10-7-12(19(24)25)2-1-11(10)8-13/h1-9,21H,(H,24,25). The maximum atomic E-state index is 12.6. The molecule has 0 radical (unpaired) electrons. The number of nitrogens with zero attached hydrogens (tertiary/aromatic N) is 1. The quantitative estimate of drug-likeness (QED) is 0.703. The van der Waals surface area contributed by atoms with Crippen molar-refractivity contribution in [2.24, 2.45) is 0 Å². The second-order valence-electron chi connectivity index (χ2n) is 5.73. The molecule has 25 heavy (non-hydrogen) atoms. The predicted octanol–water partition coefficient (Wildman–Crippen LogP) is 3.04. The highest BCUT2D eigenvalue weighted by Crippen LogP contribution is 2.32. The van der Waals surface area contributed by atoms with Gasteiger partial charge in [-0.05, 0) is 53.2 Å². The van der Waals surface area contributed by atoms with Crippen molar-refractivity contribution in [2.45, 2.75) is 0 Å². The Kier molecular flexibility index (Phi) is 3.08. The monoisotopic (exact) mass is 333 g/mol. The molecule has 3 aromatic rings. The number of phenols is 1. The van der Waals surface area contributed by atoms with E-state index in [0.29, 0.717) is 16.5 Å². The van der Waals surface area contributed by atoms with Gasteiger partial charge in [-0.2, -0.15) is 0 Å². The van der Waals surface area contributed by atoms with Crippen molar-refractivity contribution in [3.05, 3.63) is 71.3 Å². The first-order chi connectivity index (χ1) is 12.0. The van der Waals surface area contributed by atoms with E-state index in [1.54, 1.807) is 24.3 Å². The van der Waals surface area contributed by atoms with E-state index in [-0.39, 0.29) is 22.4 Å². The van der Waals surface area contributed by atoms with Gasteiger partial charge in [-0.25, -0.2) is 9.69 Å². The van der Waals surface area contributed by atoms with Crippen molar-refractivity contribution in [1.82, 2.24) is 0 Å². The molecule has 0 saturated carbocycles. The molecule has 122 valence electrons. The molecule has 0 aliphatic carbocycles. The van der Waals surface area contributed by atoms with Crippen molar-refractivity contribution in [1.29, 1.82) is 0 Å². The van der Waals surface area contributed by atoms with Gasteiger partial charge in [0.2, 0.25) is 0 Å². The van der Waals surface area contributed by atoms with Crippen LogP contribution in [-0.2, 0) is 0 Å². The molecule has 0 unspecified atom stereocenters. The number of phenolic OH excluding ortho intramolecular Hbond substituents is 1. The SMILES string of the molecule is O=C(O)c1ccc2cc(N3C(=O)c4ccc(O)cc4C3=O)ccc2c1. The molecule has 6 nitrogen and oxygen atoms in total. The molecular weight excluding hydrogens is 322 g/mol. The molecule has 0 bridgehead atoms. The van der Waals surface area contributed by atoms with Gasteiger partial charge in [0.1, 0.15) is 5.75 Å². The number of fused-ring (bicyclic) bond motifs is 2. The summed E-state index contributed by atoms with van der Waals surface area (Å²) in [6, 6.07) is 13.6. The number of imide groups is 1. The van der Waals surface area contributed by atoms with E-state index in [2.05, 4.69) is 0 Å². The number of aromatic carboxylic acids is 1. The van der Waals surface area contributed by atoms with Gasteiger partial charge < -0.3 is 10.2 Å². The summed E-state index contributed by atoms with van der Waals surface area (Å²) in [7, 11) is 0. The lowest BCUT2D eigenvalue weighted by Crippen LogP contribution is -2.29. The van der Waals surface area contributed by atoms with Crippen LogP contribution in [0.5, 0.6) is 5.75 Å². The third-order valence-electron chi connectivity index (χ3n) is 4.20. The molecule has 0 fully saturated rings. The Morgan fingerprint density at radius 2 is 1.48 bits per heavy atom. The largest absolute Gasteiger partial charge is 0.508 e. The number of anilines is 1. The van der Waals surface area contributed by atoms with Gasteiger partial charge in [-0.15, -0.1) is 0 Å². The van der Waals surface area contributed by atoms with E-state index in [4.69, 9.17) is 5.11 Å². The van der Waals surface area contributed by atoms with Crippen molar-refractivity contribution < 1.29 is 24.6 Å². The summed E-state index contributed by atoms with van der Waals surface area (Å²) in [5, 5.41) is 20.0. The maximum Gasteiger partial charge on any atom is 0.335 e. The van der Waals surface area contributed by atoms with Crippen LogP contribution in [0.25, 0.3) is 10.8 Å². The summed E-state index contributed by atoms with van der Waals surface area (Å²) in [4.78, 5) is 37.2. The molecule has 0 saturated heterocycles. The molecule has 2 N–H and O–H groups in total. The molecule has 1 aliphatic rings. The molecule has 2 amide bonds. The van der Waals surface area contributed by atoms with Gasteiger partial charge in [0, 0.05) is 0 Å². The van der Waals surface area contributed by atoms with Crippen LogP contribution in [0.4, 0.5) is 5.69 Å². The Morgan fingerprint density at radius 1 is 0.800 bits per heavy atom. The predicted molar refractivity (Wildman–Crippen MR) is 90.2 cm³/mol. The second-order valence-corrected chi connectivity index (χ2v) is 5.73. The highest BCUT2D eigenvalue weighted by atomic mass is 16.4. The van der Waals surface area contributed by atoms with Crippen molar-refractivity contribution in [3.63, 3.8) is 0 Å². The lowest BCUT2D eigenvalue weighted by atomic mass is 10.1. The second kappa shape index (κ2) is 5.17. The topological polar surface area (TPSA) is 94.9 Å². The summed E-state index contributed by atoms with van der Waals surface area (Å²) >= 11 is 0. The van der Waals surface area contributed by atoms with Crippen LogP contribution >= 0.6 is 0 Å². The minimum Gasteiger partial charge on any atom is -0.508 e. The highest BCUT2D eigenvalue weighted by Gasteiger charge is 2.36. The Hall–Kier alpha value is -3.67. The fourth-order valence-electron chi connectivity index (χ4n) is 2.97. The number of carbonyl (C=O) groups is 3. The van der Waals surface area contributed by atoms with Crippen molar-refractivity contribution in [2.75, 3.05) is 4.90 Å². The van der Waals surface area contributed by atoms with Gasteiger partial charge in [-0.1, -0.05) is 12.1 Å². The Balaban J connectivity index is 1.80. The van der Waals surface area contributed by atoms with E-state index >= 15 is 0 Å². The molecule has 0 spiro atoms. The van der Waals surface area contributed by atoms with Crippen LogP contribution in [0.1, 0.15) is 31.1 Å². The number of carboxylic acid groups (broad SMARTS) is 1. The number of carboxylic acids is 1. The van der Waals surface area contributed by atoms with E-state index in [1.165, 1.54) is 30.3 Å². The van der Waals surface area contributed by atoms with Crippen LogP contribution in [0.2, 0.25) is 0 Å². The first kappa shape index (κ1) is 14.9. The Labute approximate surface area is 141 Å². The molecule has 0 aromatic heterocycles. The summed E-state index contributed by atoms with van der Waals surface area (Å²) in [5.74, 6) is -2.06. The van der Waals surface area contributed by atoms with Gasteiger partial charge in [0.25, 0.3) is 11.8 Å². The molecule has 3 aromatic carbocycles. The lowest BCUT2D eigenvalue weighted by Gasteiger charge is -2.14. The Morgan fingerprint density at radius 3 is 2.24 bits per heavy atom. The number of rotatable bonds is 2. The van der Waals surface area contributed by atoms with Crippen molar-refractivity contribution >= 4 is 34.2 Å². The van der Waals surface area contributed by atoms with Gasteiger partial charge in [0.15, 0.2) is 0 Å². The third-order valence-corrected chi connectivity index (χ3v) is 4.20. The summed E-state index contributed by atoms with van der Waals surface area (Å²) in [6.07, 6.45) is 0. The number of carbonyl (C=O) groups excluding carboxylic acids is 2. The van der Waals surface area contributed by atoms with E-state index in [1.807, 2.05) is 0 Å². The molecular formula is C19H11NO5. The fourth-order valence-corrected chi connectivity index (χ4v) is 2.97. The van der Waals surface area contributed by atoms with Crippen LogP contribution in [0.15, 0.2) is 54.6 Å².